The molecule has 0 radical (unpaired) electrons. The van der Waals surface area contributed by atoms with Crippen LogP contribution in [-0.2, 0) is 12.8 Å². The summed E-state index contributed by atoms with van der Waals surface area (Å²) in [6.45, 7) is 1.64. The number of hydrogen-bond donors (Lipinski definition) is 2. The SMILES string of the molecule is O=C(Nc1ccc(NC(=O)N2CCCCCC2)cc1)c1ccc2c(c1)CCCC2. The van der Waals surface area contributed by atoms with Gasteiger partial charge in [-0.25, -0.2) is 4.79 Å². The number of rotatable bonds is 3. The Kier molecular flexibility index (Phi) is 6.13. The highest BCUT2D eigenvalue weighted by Crippen LogP contribution is 2.23. The van der Waals surface area contributed by atoms with Crippen LogP contribution in [0.2, 0.25) is 0 Å². The number of nitrogens with one attached hydrogen (secondary N) is 2. The molecule has 0 saturated carbocycles. The molecule has 5 heteroatoms. The molecule has 1 aliphatic heterocycles. The zero-order valence-electron chi connectivity index (χ0n) is 16.9. The van der Waals surface area contributed by atoms with Gasteiger partial charge in [0.15, 0.2) is 0 Å². The molecular weight excluding hydrogens is 362 g/mol. The Morgan fingerprint density at radius 3 is 2.00 bits per heavy atom. The van der Waals surface area contributed by atoms with E-state index in [1.165, 1.54) is 36.8 Å². The first-order valence-corrected chi connectivity index (χ1v) is 10.8. The van der Waals surface area contributed by atoms with E-state index in [1.54, 1.807) is 0 Å². The maximum absolute atomic E-state index is 12.6. The van der Waals surface area contributed by atoms with E-state index in [2.05, 4.69) is 16.7 Å². The zero-order valence-corrected chi connectivity index (χ0v) is 16.9. The number of amides is 3. The zero-order chi connectivity index (χ0) is 20.1. The predicted molar refractivity (Wildman–Crippen MR) is 117 cm³/mol. The van der Waals surface area contributed by atoms with Crippen molar-refractivity contribution in [2.75, 3.05) is 23.7 Å². The van der Waals surface area contributed by atoms with Crippen LogP contribution in [0.25, 0.3) is 0 Å². The minimum Gasteiger partial charge on any atom is -0.325 e. The van der Waals surface area contributed by atoms with Crippen LogP contribution in [0.15, 0.2) is 42.5 Å². The summed E-state index contributed by atoms with van der Waals surface area (Å²) in [5.41, 5.74) is 4.84. The number of carbonyl (C=O) groups excluding carboxylic acids is 2. The smallest absolute Gasteiger partial charge is 0.321 e. The molecule has 2 N–H and O–H groups in total. The molecule has 29 heavy (non-hydrogen) atoms. The molecular formula is C24H29N3O2. The van der Waals surface area contributed by atoms with Gasteiger partial charge >= 0.3 is 6.03 Å². The van der Waals surface area contributed by atoms with Gasteiger partial charge in [0.1, 0.15) is 0 Å². The Bertz CT molecular complexity index is 868. The van der Waals surface area contributed by atoms with Gasteiger partial charge in [0, 0.05) is 30.0 Å². The summed E-state index contributed by atoms with van der Waals surface area (Å²) in [5, 5.41) is 5.92. The summed E-state index contributed by atoms with van der Waals surface area (Å²) < 4.78 is 0. The Morgan fingerprint density at radius 1 is 0.690 bits per heavy atom. The van der Waals surface area contributed by atoms with Crippen molar-refractivity contribution in [2.45, 2.75) is 51.4 Å². The van der Waals surface area contributed by atoms with Crippen molar-refractivity contribution in [3.05, 3.63) is 59.2 Å². The van der Waals surface area contributed by atoms with Gasteiger partial charge in [0.05, 0.1) is 0 Å². The molecule has 1 saturated heterocycles. The first-order chi connectivity index (χ1) is 14.2. The molecule has 152 valence electrons. The number of benzene rings is 2. The van der Waals surface area contributed by atoms with Crippen molar-refractivity contribution in [2.24, 2.45) is 0 Å². The minimum atomic E-state index is -0.0975. The largest absolute Gasteiger partial charge is 0.325 e. The van der Waals surface area contributed by atoms with Crippen LogP contribution in [0.1, 0.15) is 60.0 Å². The Balaban J connectivity index is 1.35. The average molecular weight is 392 g/mol. The van der Waals surface area contributed by atoms with E-state index in [-0.39, 0.29) is 11.9 Å². The number of hydrogen-bond acceptors (Lipinski definition) is 2. The molecule has 0 unspecified atom stereocenters. The summed E-state index contributed by atoms with van der Waals surface area (Å²) in [7, 11) is 0. The van der Waals surface area contributed by atoms with Gasteiger partial charge in [-0.15, -0.1) is 0 Å². The fraction of sp³-hybridized carbons (Fsp3) is 0.417. The van der Waals surface area contributed by atoms with Gasteiger partial charge in [0.25, 0.3) is 5.91 Å². The summed E-state index contributed by atoms with van der Waals surface area (Å²) in [6, 6.07) is 13.3. The minimum absolute atomic E-state index is 0.0438. The van der Waals surface area contributed by atoms with E-state index in [0.717, 1.165) is 50.1 Å². The third kappa shape index (κ3) is 4.97. The molecule has 2 aromatic rings. The van der Waals surface area contributed by atoms with Gasteiger partial charge in [-0.1, -0.05) is 18.9 Å². The summed E-state index contributed by atoms with van der Waals surface area (Å²) in [5.74, 6) is -0.0975. The molecule has 4 rings (SSSR count). The predicted octanol–water partition coefficient (Wildman–Crippen LogP) is 5.23. The van der Waals surface area contributed by atoms with Gasteiger partial charge in [-0.3, -0.25) is 4.79 Å². The van der Waals surface area contributed by atoms with Crippen LogP contribution in [0.3, 0.4) is 0 Å². The van der Waals surface area contributed by atoms with E-state index in [0.29, 0.717) is 5.56 Å². The van der Waals surface area contributed by atoms with E-state index in [4.69, 9.17) is 0 Å². The van der Waals surface area contributed by atoms with Gasteiger partial charge in [0.2, 0.25) is 0 Å². The second-order valence-electron chi connectivity index (χ2n) is 8.05. The Morgan fingerprint density at radius 2 is 1.31 bits per heavy atom. The molecule has 1 aliphatic carbocycles. The maximum Gasteiger partial charge on any atom is 0.321 e. The third-order valence-corrected chi connectivity index (χ3v) is 5.90. The van der Waals surface area contributed by atoms with Crippen molar-refractivity contribution < 1.29 is 9.59 Å². The molecule has 2 aromatic carbocycles. The van der Waals surface area contributed by atoms with E-state index in [9.17, 15) is 9.59 Å². The molecule has 1 fully saturated rings. The highest BCUT2D eigenvalue weighted by atomic mass is 16.2. The number of urea groups is 1. The first kappa shape index (κ1) is 19.5. The van der Waals surface area contributed by atoms with Crippen LogP contribution in [-0.4, -0.2) is 29.9 Å². The average Bonchev–Trinajstić information content (AvgIpc) is 3.04. The highest BCUT2D eigenvalue weighted by Gasteiger charge is 2.16. The van der Waals surface area contributed by atoms with E-state index in [1.807, 2.05) is 41.3 Å². The Labute approximate surface area is 172 Å². The van der Waals surface area contributed by atoms with Crippen molar-refractivity contribution in [3.8, 4) is 0 Å². The molecule has 1 heterocycles. The van der Waals surface area contributed by atoms with Gasteiger partial charge in [-0.2, -0.15) is 0 Å². The lowest BCUT2D eigenvalue weighted by Crippen LogP contribution is -2.35. The summed E-state index contributed by atoms with van der Waals surface area (Å²) in [4.78, 5) is 26.9. The lowest BCUT2D eigenvalue weighted by atomic mass is 9.90. The summed E-state index contributed by atoms with van der Waals surface area (Å²) >= 11 is 0. The molecule has 3 amide bonds. The molecule has 5 nitrogen and oxygen atoms in total. The summed E-state index contributed by atoms with van der Waals surface area (Å²) in [6.07, 6.45) is 9.14. The van der Waals surface area contributed by atoms with Crippen molar-refractivity contribution in [1.29, 1.82) is 0 Å². The monoisotopic (exact) mass is 391 g/mol. The van der Waals surface area contributed by atoms with Gasteiger partial charge < -0.3 is 15.5 Å². The maximum atomic E-state index is 12.6. The number of aryl methyl sites for hydroxylation is 2. The van der Waals surface area contributed by atoms with Crippen LogP contribution in [0, 0.1) is 0 Å². The fourth-order valence-electron chi connectivity index (χ4n) is 4.19. The first-order valence-electron chi connectivity index (χ1n) is 10.8. The van der Waals surface area contributed by atoms with Crippen molar-refractivity contribution >= 4 is 23.3 Å². The molecule has 0 spiro atoms. The van der Waals surface area contributed by atoms with Crippen LogP contribution >= 0.6 is 0 Å². The third-order valence-electron chi connectivity index (χ3n) is 5.90. The molecule has 0 atom stereocenters. The number of nitrogens with zero attached hydrogens (tertiary/aromatic N) is 1. The quantitative estimate of drug-likeness (QED) is 0.753. The van der Waals surface area contributed by atoms with Crippen LogP contribution in [0.4, 0.5) is 16.2 Å². The standard InChI is InChI=1S/C24H29N3O2/c28-23(20-10-9-18-7-3-4-8-19(18)17-20)25-21-11-13-22(14-12-21)26-24(29)27-15-5-1-2-6-16-27/h9-14,17H,1-8,15-16H2,(H,25,28)(H,26,29). The number of carbonyl (C=O) groups is 2. The molecule has 2 aliphatic rings. The number of likely N-dealkylation sites (tertiary alicyclic amines) is 1. The molecule has 0 bridgehead atoms. The second-order valence-corrected chi connectivity index (χ2v) is 8.05. The fourth-order valence-corrected chi connectivity index (χ4v) is 4.19. The van der Waals surface area contributed by atoms with Crippen molar-refractivity contribution in [1.82, 2.24) is 4.90 Å². The highest BCUT2D eigenvalue weighted by molar-refractivity contribution is 6.04. The normalized spacial score (nSPS) is 16.5. The number of fused-ring (bicyclic) bond motifs is 1. The molecule has 0 aromatic heterocycles. The number of anilines is 2. The topological polar surface area (TPSA) is 61.4 Å². The van der Waals surface area contributed by atoms with Crippen LogP contribution < -0.4 is 10.6 Å². The lowest BCUT2D eigenvalue weighted by Gasteiger charge is -2.20. The van der Waals surface area contributed by atoms with E-state index < -0.39 is 0 Å². The van der Waals surface area contributed by atoms with Crippen molar-refractivity contribution in [3.63, 3.8) is 0 Å². The van der Waals surface area contributed by atoms with E-state index >= 15 is 0 Å². The lowest BCUT2D eigenvalue weighted by molar-refractivity contribution is 0.102. The van der Waals surface area contributed by atoms with Gasteiger partial charge in [-0.05, 0) is 86.1 Å². The Hall–Kier alpha value is -2.82. The van der Waals surface area contributed by atoms with Crippen LogP contribution in [0.5, 0.6) is 0 Å². The second kappa shape index (κ2) is 9.12.